The van der Waals surface area contributed by atoms with Crippen molar-refractivity contribution in [1.29, 1.82) is 0 Å². The number of rotatable bonds is 4. The number of nitrogens with zero attached hydrogens (tertiary/aromatic N) is 2. The highest BCUT2D eigenvalue weighted by Crippen LogP contribution is 2.31. The van der Waals surface area contributed by atoms with Crippen LogP contribution in [-0.2, 0) is 19.1 Å². The van der Waals surface area contributed by atoms with Gasteiger partial charge in [-0.1, -0.05) is 19.1 Å². The van der Waals surface area contributed by atoms with E-state index >= 15 is 0 Å². The predicted octanol–water partition coefficient (Wildman–Crippen LogP) is 3.53. The minimum Gasteiger partial charge on any atom is -0.319 e. The molecule has 0 saturated carbocycles. The number of halogens is 3. The minimum absolute atomic E-state index is 0.432. The summed E-state index contributed by atoms with van der Waals surface area (Å²) in [5.74, 6) is 0. The molecule has 6 heteroatoms. The second kappa shape index (κ2) is 5.89. The largest absolute Gasteiger partial charge is 0.416 e. The van der Waals surface area contributed by atoms with E-state index in [0.29, 0.717) is 12.1 Å². The first-order chi connectivity index (χ1) is 9.86. The van der Waals surface area contributed by atoms with Crippen LogP contribution in [0, 0.1) is 0 Å². The quantitative estimate of drug-likeness (QED) is 0.938. The first-order valence-corrected chi connectivity index (χ1v) is 6.86. The van der Waals surface area contributed by atoms with E-state index in [1.807, 2.05) is 19.9 Å². The maximum atomic E-state index is 12.8. The molecule has 0 fully saturated rings. The summed E-state index contributed by atoms with van der Waals surface area (Å²) in [6.07, 6.45) is -3.61. The fourth-order valence-corrected chi connectivity index (χ4v) is 2.24. The number of nitrogens with two attached hydrogens (primary N) is 1. The zero-order chi connectivity index (χ0) is 15.6. The molecular weight excluding hydrogens is 279 g/mol. The number of alkyl halides is 3. The lowest BCUT2D eigenvalue weighted by Gasteiger charge is -2.15. The Kier molecular flexibility index (Phi) is 4.37. The van der Waals surface area contributed by atoms with Crippen LogP contribution >= 0.6 is 0 Å². The van der Waals surface area contributed by atoms with Gasteiger partial charge in [-0.15, -0.1) is 0 Å². The summed E-state index contributed by atoms with van der Waals surface area (Å²) < 4.78 is 40.1. The van der Waals surface area contributed by atoms with Crippen molar-refractivity contribution in [1.82, 2.24) is 9.78 Å². The SMILES string of the molecule is CCc1cc(C(N)c2cccc(C(F)(F)F)c2)n(CC)n1. The van der Waals surface area contributed by atoms with Gasteiger partial charge < -0.3 is 5.73 Å². The molecule has 1 aromatic carbocycles. The molecule has 2 aromatic rings. The zero-order valence-corrected chi connectivity index (χ0v) is 12.0. The molecule has 0 aliphatic heterocycles. The van der Waals surface area contributed by atoms with Crippen LogP contribution in [0.25, 0.3) is 0 Å². The number of aryl methyl sites for hydroxylation is 2. The molecule has 114 valence electrons. The van der Waals surface area contributed by atoms with Crippen molar-refractivity contribution in [2.24, 2.45) is 5.73 Å². The van der Waals surface area contributed by atoms with Gasteiger partial charge in [-0.25, -0.2) is 0 Å². The number of hydrogen-bond donors (Lipinski definition) is 1. The first kappa shape index (κ1) is 15.6. The van der Waals surface area contributed by atoms with Crippen LogP contribution in [0.15, 0.2) is 30.3 Å². The molecule has 0 aliphatic rings. The highest BCUT2D eigenvalue weighted by atomic mass is 19.4. The van der Waals surface area contributed by atoms with E-state index in [-0.39, 0.29) is 0 Å². The average Bonchev–Trinajstić information content (AvgIpc) is 2.89. The molecule has 1 unspecified atom stereocenters. The second-order valence-electron chi connectivity index (χ2n) is 4.83. The second-order valence-corrected chi connectivity index (χ2v) is 4.83. The number of benzene rings is 1. The van der Waals surface area contributed by atoms with Gasteiger partial charge in [-0.3, -0.25) is 4.68 Å². The third kappa shape index (κ3) is 3.26. The molecule has 0 radical (unpaired) electrons. The Bertz CT molecular complexity index is 617. The van der Waals surface area contributed by atoms with E-state index in [0.717, 1.165) is 29.9 Å². The fraction of sp³-hybridized carbons (Fsp3) is 0.400. The summed E-state index contributed by atoms with van der Waals surface area (Å²) in [6, 6.07) is 6.37. The summed E-state index contributed by atoms with van der Waals surface area (Å²) >= 11 is 0. The molecular formula is C15H18F3N3. The van der Waals surface area contributed by atoms with E-state index in [4.69, 9.17) is 5.73 Å². The monoisotopic (exact) mass is 297 g/mol. The summed E-state index contributed by atoms with van der Waals surface area (Å²) in [5.41, 5.74) is 7.50. The topological polar surface area (TPSA) is 43.8 Å². The third-order valence-corrected chi connectivity index (χ3v) is 3.42. The third-order valence-electron chi connectivity index (χ3n) is 3.42. The number of hydrogen-bond acceptors (Lipinski definition) is 2. The van der Waals surface area contributed by atoms with Gasteiger partial charge in [0.05, 0.1) is 23.0 Å². The first-order valence-electron chi connectivity index (χ1n) is 6.86. The fourth-order valence-electron chi connectivity index (χ4n) is 2.24. The molecule has 1 aromatic heterocycles. The van der Waals surface area contributed by atoms with Crippen molar-refractivity contribution in [2.75, 3.05) is 0 Å². The summed E-state index contributed by atoms with van der Waals surface area (Å²) in [7, 11) is 0. The maximum absolute atomic E-state index is 12.8. The maximum Gasteiger partial charge on any atom is 0.416 e. The smallest absolute Gasteiger partial charge is 0.319 e. The molecule has 1 atom stereocenters. The summed E-state index contributed by atoms with van der Waals surface area (Å²) in [4.78, 5) is 0. The lowest BCUT2D eigenvalue weighted by Crippen LogP contribution is -2.18. The van der Waals surface area contributed by atoms with Gasteiger partial charge in [0.2, 0.25) is 0 Å². The molecule has 0 saturated heterocycles. The van der Waals surface area contributed by atoms with Crippen LogP contribution in [0.4, 0.5) is 13.2 Å². The van der Waals surface area contributed by atoms with Gasteiger partial charge in [0.1, 0.15) is 0 Å². The summed E-state index contributed by atoms with van der Waals surface area (Å²) in [6.45, 7) is 4.53. The molecule has 0 aliphatic carbocycles. The summed E-state index contributed by atoms with van der Waals surface area (Å²) in [5, 5.41) is 4.38. The molecule has 0 bridgehead atoms. The van der Waals surface area contributed by atoms with Gasteiger partial charge in [0.15, 0.2) is 0 Å². The van der Waals surface area contributed by atoms with Crippen molar-refractivity contribution >= 4 is 0 Å². The van der Waals surface area contributed by atoms with Crippen molar-refractivity contribution in [3.05, 3.63) is 52.8 Å². The van der Waals surface area contributed by atoms with E-state index in [2.05, 4.69) is 5.10 Å². The Morgan fingerprint density at radius 3 is 2.52 bits per heavy atom. The highest BCUT2D eigenvalue weighted by molar-refractivity contribution is 5.33. The van der Waals surface area contributed by atoms with Gasteiger partial charge in [-0.2, -0.15) is 18.3 Å². The van der Waals surface area contributed by atoms with Gasteiger partial charge in [0.25, 0.3) is 0 Å². The van der Waals surface area contributed by atoms with Crippen LogP contribution < -0.4 is 5.73 Å². The van der Waals surface area contributed by atoms with Gasteiger partial charge >= 0.3 is 6.18 Å². The average molecular weight is 297 g/mol. The zero-order valence-electron chi connectivity index (χ0n) is 12.0. The van der Waals surface area contributed by atoms with Crippen LogP contribution in [0.2, 0.25) is 0 Å². The lowest BCUT2D eigenvalue weighted by atomic mass is 10.0. The lowest BCUT2D eigenvalue weighted by molar-refractivity contribution is -0.137. The van der Waals surface area contributed by atoms with E-state index in [9.17, 15) is 13.2 Å². The van der Waals surface area contributed by atoms with Crippen molar-refractivity contribution in [3.63, 3.8) is 0 Å². The Labute approximate surface area is 121 Å². The Morgan fingerprint density at radius 2 is 1.95 bits per heavy atom. The molecule has 3 nitrogen and oxygen atoms in total. The Morgan fingerprint density at radius 1 is 1.24 bits per heavy atom. The minimum atomic E-state index is -4.37. The van der Waals surface area contributed by atoms with Crippen molar-refractivity contribution in [3.8, 4) is 0 Å². The molecule has 1 heterocycles. The van der Waals surface area contributed by atoms with Crippen LogP contribution in [-0.4, -0.2) is 9.78 Å². The number of aromatic nitrogens is 2. The molecule has 2 rings (SSSR count). The van der Waals surface area contributed by atoms with Crippen LogP contribution in [0.3, 0.4) is 0 Å². The molecule has 21 heavy (non-hydrogen) atoms. The van der Waals surface area contributed by atoms with Crippen molar-refractivity contribution < 1.29 is 13.2 Å². The van der Waals surface area contributed by atoms with Crippen LogP contribution in [0.1, 0.15) is 42.4 Å². The van der Waals surface area contributed by atoms with Gasteiger partial charge in [0, 0.05) is 6.54 Å². The van der Waals surface area contributed by atoms with Crippen LogP contribution in [0.5, 0.6) is 0 Å². The Balaban J connectivity index is 2.40. The predicted molar refractivity (Wildman–Crippen MR) is 74.8 cm³/mol. The molecule has 2 N–H and O–H groups in total. The van der Waals surface area contributed by atoms with Crippen molar-refractivity contribution in [2.45, 2.75) is 39.0 Å². The highest BCUT2D eigenvalue weighted by Gasteiger charge is 2.31. The normalized spacial score (nSPS) is 13.4. The van der Waals surface area contributed by atoms with Gasteiger partial charge in [-0.05, 0) is 37.1 Å². The van der Waals surface area contributed by atoms with E-state index in [1.54, 1.807) is 10.7 Å². The molecule has 0 spiro atoms. The van der Waals surface area contributed by atoms with E-state index < -0.39 is 17.8 Å². The Hall–Kier alpha value is -1.82. The molecule has 0 amide bonds. The standard InChI is InChI=1S/C15H18F3N3/c1-3-12-9-13(21(4-2)20-12)14(19)10-6-5-7-11(8-10)15(16,17)18/h5-9,14H,3-4,19H2,1-2H3. The van der Waals surface area contributed by atoms with E-state index in [1.165, 1.54) is 6.07 Å².